The zero-order chi connectivity index (χ0) is 24.6. The number of hydrogen-bond donors (Lipinski definition) is 0. The summed E-state index contributed by atoms with van der Waals surface area (Å²) in [5, 5.41) is 15.1. The van der Waals surface area contributed by atoms with Crippen molar-refractivity contribution in [1.82, 2.24) is 19.7 Å². The molecule has 0 amide bonds. The van der Waals surface area contributed by atoms with Crippen LogP contribution in [0.4, 0.5) is 0 Å². The number of pyridine rings is 1. The molecule has 35 heavy (non-hydrogen) atoms. The molecule has 4 aromatic rings. The third-order valence-corrected chi connectivity index (χ3v) is 8.06. The van der Waals surface area contributed by atoms with Gasteiger partial charge in [0.2, 0.25) is 0 Å². The molecular weight excluding hydrogens is 482 g/mol. The summed E-state index contributed by atoms with van der Waals surface area (Å²) in [7, 11) is -1.17. The Morgan fingerprint density at radius 1 is 1.29 bits per heavy atom. The van der Waals surface area contributed by atoms with Gasteiger partial charge in [0.05, 0.1) is 23.0 Å². The van der Waals surface area contributed by atoms with Gasteiger partial charge in [0.25, 0.3) is 0 Å². The molecule has 0 bridgehead atoms. The van der Waals surface area contributed by atoms with Crippen molar-refractivity contribution in [3.63, 3.8) is 0 Å². The van der Waals surface area contributed by atoms with Gasteiger partial charge in [0.15, 0.2) is 12.2 Å². The molecule has 3 aromatic heterocycles. The van der Waals surface area contributed by atoms with E-state index in [-0.39, 0.29) is 11.3 Å². The lowest BCUT2D eigenvalue weighted by Crippen LogP contribution is -2.22. The first-order chi connectivity index (χ1) is 16.8. The SMILES string of the molecule is C[Si](C)(C)CCOCn1nc(-c2cnco2)c2cc(OC3CCc4cc(C#N)c(Cl)nc43)ccc21. The number of hydrogen-bond acceptors (Lipinski definition) is 7. The topological polar surface area (TPSA) is 99.0 Å². The number of fused-ring (bicyclic) bond motifs is 2. The number of halogens is 1. The summed E-state index contributed by atoms with van der Waals surface area (Å²) >= 11 is 6.19. The quantitative estimate of drug-likeness (QED) is 0.164. The summed E-state index contributed by atoms with van der Waals surface area (Å²) < 4.78 is 19.7. The van der Waals surface area contributed by atoms with Crippen LogP contribution < -0.4 is 4.74 Å². The average molecular weight is 508 g/mol. The average Bonchev–Trinajstić information content (AvgIpc) is 3.55. The molecule has 1 aromatic carbocycles. The van der Waals surface area contributed by atoms with Gasteiger partial charge in [-0.25, -0.2) is 14.6 Å². The number of rotatable bonds is 8. The van der Waals surface area contributed by atoms with E-state index in [1.165, 1.54) is 6.39 Å². The van der Waals surface area contributed by atoms with E-state index in [0.29, 0.717) is 36.1 Å². The Morgan fingerprint density at radius 2 is 2.14 bits per heavy atom. The predicted molar refractivity (Wildman–Crippen MR) is 135 cm³/mol. The second-order valence-corrected chi connectivity index (χ2v) is 15.8. The van der Waals surface area contributed by atoms with E-state index < -0.39 is 8.07 Å². The molecule has 0 saturated heterocycles. The van der Waals surface area contributed by atoms with Crippen molar-refractivity contribution in [2.75, 3.05) is 6.61 Å². The fraction of sp³-hybridized carbons (Fsp3) is 0.360. The third-order valence-electron chi connectivity index (χ3n) is 6.07. The predicted octanol–water partition coefficient (Wildman–Crippen LogP) is 5.99. The van der Waals surface area contributed by atoms with Gasteiger partial charge < -0.3 is 13.9 Å². The van der Waals surface area contributed by atoms with Crippen molar-refractivity contribution in [1.29, 1.82) is 5.26 Å². The van der Waals surface area contributed by atoms with Crippen molar-refractivity contribution in [2.45, 2.75) is 51.4 Å². The molecule has 5 rings (SSSR count). The molecule has 0 fully saturated rings. The molecule has 0 saturated carbocycles. The Morgan fingerprint density at radius 3 is 2.89 bits per heavy atom. The molecule has 0 N–H and O–H groups in total. The van der Waals surface area contributed by atoms with E-state index in [0.717, 1.165) is 41.0 Å². The highest BCUT2D eigenvalue weighted by Crippen LogP contribution is 2.37. The summed E-state index contributed by atoms with van der Waals surface area (Å²) in [5.41, 5.74) is 3.79. The van der Waals surface area contributed by atoms with Crippen LogP contribution in [0.2, 0.25) is 30.8 Å². The normalized spacial score (nSPS) is 15.3. The van der Waals surface area contributed by atoms with Crippen molar-refractivity contribution in [2.24, 2.45) is 0 Å². The van der Waals surface area contributed by atoms with E-state index in [2.05, 4.69) is 35.7 Å². The van der Waals surface area contributed by atoms with E-state index in [9.17, 15) is 5.26 Å². The van der Waals surface area contributed by atoms with E-state index in [1.807, 2.05) is 28.9 Å². The first-order valence-corrected chi connectivity index (χ1v) is 15.6. The van der Waals surface area contributed by atoms with Crippen LogP contribution in [0.1, 0.15) is 29.3 Å². The molecule has 10 heteroatoms. The molecule has 1 unspecified atom stereocenters. The summed E-state index contributed by atoms with van der Waals surface area (Å²) in [5.74, 6) is 1.27. The maximum Gasteiger partial charge on any atom is 0.181 e. The third kappa shape index (κ3) is 4.96. The number of aryl methyl sites for hydroxylation is 1. The van der Waals surface area contributed by atoms with Crippen LogP contribution in [-0.2, 0) is 17.9 Å². The van der Waals surface area contributed by atoms with Gasteiger partial charge in [-0.1, -0.05) is 31.2 Å². The minimum atomic E-state index is -1.17. The van der Waals surface area contributed by atoms with Gasteiger partial charge in [0.1, 0.15) is 35.5 Å². The van der Waals surface area contributed by atoms with Crippen LogP contribution in [0.3, 0.4) is 0 Å². The molecule has 3 heterocycles. The largest absolute Gasteiger partial charge is 0.484 e. The minimum absolute atomic E-state index is 0.209. The molecule has 8 nitrogen and oxygen atoms in total. The Balaban J connectivity index is 1.42. The molecule has 0 radical (unpaired) electrons. The fourth-order valence-corrected chi connectivity index (χ4v) is 5.12. The number of aromatic nitrogens is 4. The van der Waals surface area contributed by atoms with Crippen LogP contribution in [0, 0.1) is 11.3 Å². The summed E-state index contributed by atoms with van der Waals surface area (Å²) in [4.78, 5) is 8.50. The highest BCUT2D eigenvalue weighted by atomic mass is 35.5. The highest BCUT2D eigenvalue weighted by Gasteiger charge is 2.28. The van der Waals surface area contributed by atoms with Gasteiger partial charge in [-0.05, 0) is 48.7 Å². The van der Waals surface area contributed by atoms with Crippen LogP contribution in [-0.4, -0.2) is 34.4 Å². The Labute approximate surface area is 209 Å². The van der Waals surface area contributed by atoms with Gasteiger partial charge in [-0.3, -0.25) is 0 Å². The number of oxazole rings is 1. The summed E-state index contributed by atoms with van der Waals surface area (Å²) in [6.45, 7) is 8.06. The lowest BCUT2D eigenvalue weighted by Gasteiger charge is -2.16. The van der Waals surface area contributed by atoms with Crippen LogP contribution in [0.15, 0.2) is 41.3 Å². The fourth-order valence-electron chi connectivity index (χ4n) is 4.18. The smallest absolute Gasteiger partial charge is 0.181 e. The van der Waals surface area contributed by atoms with Crippen molar-refractivity contribution >= 4 is 30.6 Å². The summed E-state index contributed by atoms with van der Waals surface area (Å²) in [6, 6.07) is 10.9. The Bertz CT molecular complexity index is 1410. The maximum absolute atomic E-state index is 9.23. The minimum Gasteiger partial charge on any atom is -0.484 e. The lowest BCUT2D eigenvalue weighted by molar-refractivity contribution is 0.0818. The highest BCUT2D eigenvalue weighted by molar-refractivity contribution is 6.76. The molecule has 1 aliphatic rings. The number of benzene rings is 1. The standard InChI is InChI=1S/C25H26ClN5O3Si/c1-35(2,3)9-8-32-15-31-20-6-5-18(11-19(20)24(30-31)22-13-28-14-33-22)34-21-7-4-16-10-17(12-27)25(26)29-23(16)21/h5-6,10-11,13-14,21H,4,7-9,15H2,1-3H3. The molecule has 0 spiro atoms. The van der Waals surface area contributed by atoms with E-state index >= 15 is 0 Å². The van der Waals surface area contributed by atoms with Gasteiger partial charge >= 0.3 is 0 Å². The van der Waals surface area contributed by atoms with Gasteiger partial charge in [-0.15, -0.1) is 0 Å². The second-order valence-electron chi connectivity index (χ2n) is 9.87. The van der Waals surface area contributed by atoms with Crippen molar-refractivity contribution in [3.05, 3.63) is 58.8 Å². The van der Waals surface area contributed by atoms with Gasteiger partial charge in [0, 0.05) is 20.1 Å². The van der Waals surface area contributed by atoms with E-state index in [1.54, 1.807) is 6.20 Å². The lowest BCUT2D eigenvalue weighted by atomic mass is 10.1. The number of nitriles is 1. The van der Waals surface area contributed by atoms with Crippen LogP contribution in [0.25, 0.3) is 22.4 Å². The summed E-state index contributed by atoms with van der Waals surface area (Å²) in [6.07, 6.45) is 4.37. The number of nitrogens with zero attached hydrogens (tertiary/aromatic N) is 5. The van der Waals surface area contributed by atoms with Crippen molar-refractivity contribution in [3.8, 4) is 23.3 Å². The van der Waals surface area contributed by atoms with Gasteiger partial charge in [-0.2, -0.15) is 10.4 Å². The molecule has 0 aliphatic heterocycles. The monoisotopic (exact) mass is 507 g/mol. The Hall–Kier alpha value is -3.19. The molecule has 1 atom stereocenters. The zero-order valence-electron chi connectivity index (χ0n) is 19.9. The molecular formula is C25H26ClN5O3Si. The number of ether oxygens (including phenoxy) is 2. The Kier molecular flexibility index (Phi) is 6.36. The second kappa shape index (κ2) is 9.45. The zero-order valence-corrected chi connectivity index (χ0v) is 21.7. The van der Waals surface area contributed by atoms with Crippen molar-refractivity contribution < 1.29 is 13.9 Å². The van der Waals surface area contributed by atoms with E-state index in [4.69, 9.17) is 30.6 Å². The van der Waals surface area contributed by atoms with Crippen LogP contribution in [0.5, 0.6) is 5.75 Å². The first kappa shape index (κ1) is 23.5. The molecule has 1 aliphatic carbocycles. The molecule has 180 valence electrons. The maximum atomic E-state index is 9.23. The first-order valence-electron chi connectivity index (χ1n) is 11.6. The van der Waals surface area contributed by atoms with Crippen LogP contribution >= 0.6 is 11.6 Å².